The number of aromatic nitrogens is 2. The standard InChI is InChI=1S/C5H6IN5/c6-10-3-11(7)5-4(10)1-8-2-9-5/h1-2H,3,7H2. The van der Waals surface area contributed by atoms with Gasteiger partial charge in [-0.25, -0.2) is 15.8 Å². The number of fused-ring (bicyclic) bond motifs is 1. The molecule has 0 aliphatic carbocycles. The van der Waals surface area contributed by atoms with Crippen molar-refractivity contribution in [2.45, 2.75) is 0 Å². The molecule has 6 heteroatoms. The molecule has 2 heterocycles. The first kappa shape index (κ1) is 7.04. The minimum absolute atomic E-state index is 0.661. The molecule has 0 spiro atoms. The summed E-state index contributed by atoms with van der Waals surface area (Å²) in [4.78, 5) is 7.94. The van der Waals surface area contributed by atoms with Crippen molar-refractivity contribution in [1.29, 1.82) is 0 Å². The van der Waals surface area contributed by atoms with Crippen LogP contribution in [-0.2, 0) is 0 Å². The molecule has 2 rings (SSSR count). The Balaban J connectivity index is 2.52. The average Bonchev–Trinajstić information content (AvgIpc) is 2.30. The van der Waals surface area contributed by atoms with Crippen LogP contribution in [0, 0.1) is 0 Å². The summed E-state index contributed by atoms with van der Waals surface area (Å²) in [5, 5.41) is 1.59. The van der Waals surface area contributed by atoms with Crippen molar-refractivity contribution in [3.63, 3.8) is 0 Å². The molecule has 0 saturated carbocycles. The lowest BCUT2D eigenvalue weighted by atomic mass is 10.5. The van der Waals surface area contributed by atoms with Crippen LogP contribution < -0.4 is 14.0 Å². The molecule has 5 nitrogen and oxygen atoms in total. The van der Waals surface area contributed by atoms with E-state index < -0.39 is 0 Å². The van der Waals surface area contributed by atoms with Crippen LogP contribution in [0.5, 0.6) is 0 Å². The smallest absolute Gasteiger partial charge is 0.172 e. The van der Waals surface area contributed by atoms with Crippen molar-refractivity contribution in [2.24, 2.45) is 5.84 Å². The van der Waals surface area contributed by atoms with Crippen LogP contribution in [0.4, 0.5) is 11.5 Å². The SMILES string of the molecule is NN1CN(I)c2cncnc21. The van der Waals surface area contributed by atoms with Crippen molar-refractivity contribution in [2.75, 3.05) is 14.8 Å². The molecule has 2 N–H and O–H groups in total. The third-order valence-corrected chi connectivity index (χ3v) is 2.31. The zero-order chi connectivity index (χ0) is 7.84. The fraction of sp³-hybridized carbons (Fsp3) is 0.200. The molecule has 1 aliphatic rings. The monoisotopic (exact) mass is 263 g/mol. The highest BCUT2D eigenvalue weighted by Gasteiger charge is 2.22. The van der Waals surface area contributed by atoms with Crippen LogP contribution in [-0.4, -0.2) is 16.6 Å². The fourth-order valence-corrected chi connectivity index (χ4v) is 1.65. The molecule has 1 aliphatic heterocycles. The number of hydrogen-bond acceptors (Lipinski definition) is 5. The average molecular weight is 263 g/mol. The van der Waals surface area contributed by atoms with E-state index in [9.17, 15) is 0 Å². The summed E-state index contributed by atoms with van der Waals surface area (Å²) in [6, 6.07) is 0. The van der Waals surface area contributed by atoms with Gasteiger partial charge in [-0.3, -0.25) is 8.12 Å². The molecule has 58 valence electrons. The van der Waals surface area contributed by atoms with Crippen LogP contribution >= 0.6 is 22.9 Å². The maximum absolute atomic E-state index is 5.63. The molecule has 0 atom stereocenters. The van der Waals surface area contributed by atoms with Crippen LogP contribution in [0.3, 0.4) is 0 Å². The van der Waals surface area contributed by atoms with Gasteiger partial charge in [0, 0.05) is 0 Å². The topological polar surface area (TPSA) is 58.3 Å². The lowest BCUT2D eigenvalue weighted by Gasteiger charge is -2.08. The van der Waals surface area contributed by atoms with Gasteiger partial charge in [0.2, 0.25) is 0 Å². The quantitative estimate of drug-likeness (QED) is 0.414. The number of hydrazine groups is 1. The first-order valence-corrected chi connectivity index (χ1v) is 4.01. The van der Waals surface area contributed by atoms with Gasteiger partial charge in [0.25, 0.3) is 0 Å². The van der Waals surface area contributed by atoms with Gasteiger partial charge in [0.15, 0.2) is 5.82 Å². The molecule has 1 aromatic heterocycles. The Morgan fingerprint density at radius 1 is 1.64 bits per heavy atom. The predicted molar refractivity (Wildman–Crippen MR) is 50.1 cm³/mol. The molecule has 0 fully saturated rings. The summed E-state index contributed by atoms with van der Waals surface area (Å²) < 4.78 is 1.97. The first-order valence-electron chi connectivity index (χ1n) is 3.04. The van der Waals surface area contributed by atoms with Crippen molar-refractivity contribution >= 4 is 34.4 Å². The summed E-state index contributed by atoms with van der Waals surface area (Å²) in [5.74, 6) is 6.42. The highest BCUT2D eigenvalue weighted by atomic mass is 127. The second kappa shape index (κ2) is 2.45. The Morgan fingerprint density at radius 2 is 2.45 bits per heavy atom. The van der Waals surface area contributed by atoms with Crippen molar-refractivity contribution in [3.8, 4) is 0 Å². The summed E-state index contributed by atoms with van der Waals surface area (Å²) in [7, 11) is 0. The van der Waals surface area contributed by atoms with Crippen molar-refractivity contribution < 1.29 is 0 Å². The first-order chi connectivity index (χ1) is 5.29. The van der Waals surface area contributed by atoms with Crippen molar-refractivity contribution in [1.82, 2.24) is 9.97 Å². The van der Waals surface area contributed by atoms with E-state index in [2.05, 4.69) is 32.8 Å². The zero-order valence-electron chi connectivity index (χ0n) is 5.61. The zero-order valence-corrected chi connectivity index (χ0v) is 7.76. The maximum atomic E-state index is 5.63. The Bertz CT molecular complexity index is 250. The summed E-state index contributed by atoms with van der Waals surface area (Å²) in [5.41, 5.74) is 0.968. The summed E-state index contributed by atoms with van der Waals surface area (Å²) in [6.07, 6.45) is 3.25. The van der Waals surface area contributed by atoms with E-state index >= 15 is 0 Å². The molecule has 1 aromatic rings. The van der Waals surface area contributed by atoms with E-state index in [0.29, 0.717) is 6.67 Å². The molecule has 0 saturated heterocycles. The Hall–Kier alpha value is -0.630. The normalized spacial score (nSPS) is 15.5. The Labute approximate surface area is 77.7 Å². The van der Waals surface area contributed by atoms with Gasteiger partial charge in [-0.2, -0.15) is 0 Å². The Morgan fingerprint density at radius 3 is 3.18 bits per heavy atom. The minimum atomic E-state index is 0.661. The minimum Gasteiger partial charge on any atom is -0.290 e. The fourth-order valence-electron chi connectivity index (χ4n) is 0.985. The molecular formula is C5H6IN5. The summed E-state index contributed by atoms with van der Waals surface area (Å²) >= 11 is 2.17. The van der Waals surface area contributed by atoms with Gasteiger partial charge < -0.3 is 0 Å². The van der Waals surface area contributed by atoms with Gasteiger partial charge >= 0.3 is 0 Å². The lowest BCUT2D eigenvalue weighted by molar-refractivity contribution is 0.906. The highest BCUT2D eigenvalue weighted by molar-refractivity contribution is 14.1. The van der Waals surface area contributed by atoms with Gasteiger partial charge in [0.05, 0.1) is 29.1 Å². The summed E-state index contributed by atoms with van der Waals surface area (Å²) in [6.45, 7) is 0.661. The van der Waals surface area contributed by atoms with E-state index in [1.54, 1.807) is 11.2 Å². The molecule has 11 heavy (non-hydrogen) atoms. The van der Waals surface area contributed by atoms with Gasteiger partial charge in [-0.1, -0.05) is 0 Å². The van der Waals surface area contributed by atoms with E-state index in [1.807, 2.05) is 3.11 Å². The van der Waals surface area contributed by atoms with Gasteiger partial charge in [-0.05, 0) is 0 Å². The van der Waals surface area contributed by atoms with Crippen LogP contribution in [0.2, 0.25) is 0 Å². The third kappa shape index (κ3) is 1.02. The largest absolute Gasteiger partial charge is 0.290 e. The highest BCUT2D eigenvalue weighted by Crippen LogP contribution is 2.32. The second-order valence-electron chi connectivity index (χ2n) is 2.20. The predicted octanol–water partition coefficient (Wildman–Crippen LogP) is 0.284. The number of halogens is 1. The molecule has 0 radical (unpaired) electrons. The van der Waals surface area contributed by atoms with E-state index in [-0.39, 0.29) is 0 Å². The Kier molecular flexibility index (Phi) is 1.57. The molecule has 0 bridgehead atoms. The van der Waals surface area contributed by atoms with Crippen LogP contribution in [0.1, 0.15) is 0 Å². The van der Waals surface area contributed by atoms with E-state index in [1.165, 1.54) is 6.33 Å². The maximum Gasteiger partial charge on any atom is 0.172 e. The number of hydrogen-bond donors (Lipinski definition) is 1. The van der Waals surface area contributed by atoms with E-state index in [0.717, 1.165) is 11.5 Å². The van der Waals surface area contributed by atoms with Crippen LogP contribution in [0.25, 0.3) is 0 Å². The second-order valence-corrected chi connectivity index (χ2v) is 3.37. The molecule has 0 aromatic carbocycles. The molecule has 0 unspecified atom stereocenters. The van der Waals surface area contributed by atoms with E-state index in [4.69, 9.17) is 5.84 Å². The number of nitrogens with two attached hydrogens (primary N) is 1. The van der Waals surface area contributed by atoms with Crippen molar-refractivity contribution in [3.05, 3.63) is 12.5 Å². The molecular weight excluding hydrogens is 257 g/mol. The van der Waals surface area contributed by atoms with Gasteiger partial charge in [0.1, 0.15) is 18.7 Å². The molecule has 0 amide bonds. The third-order valence-electron chi connectivity index (χ3n) is 1.48. The number of rotatable bonds is 0. The van der Waals surface area contributed by atoms with Gasteiger partial charge in [-0.15, -0.1) is 0 Å². The number of anilines is 2. The lowest BCUT2D eigenvalue weighted by Crippen LogP contribution is -2.32. The number of nitrogens with zero attached hydrogens (tertiary/aromatic N) is 4. The van der Waals surface area contributed by atoms with Crippen LogP contribution in [0.15, 0.2) is 12.5 Å².